The Morgan fingerprint density at radius 1 is 1.50 bits per heavy atom. The molecular formula is C12H14BrNO2. The minimum atomic E-state index is 0.245. The largest absolute Gasteiger partial charge is 0.497 e. The number of carbonyl (C=O) groups is 1. The van der Waals surface area contributed by atoms with Crippen LogP contribution >= 0.6 is 15.9 Å². The van der Waals surface area contributed by atoms with Gasteiger partial charge in [-0.05, 0) is 30.2 Å². The molecule has 1 amide bonds. The van der Waals surface area contributed by atoms with E-state index in [9.17, 15) is 4.79 Å². The lowest BCUT2D eigenvalue weighted by molar-refractivity contribution is -0.128. The zero-order chi connectivity index (χ0) is 11.5. The molecule has 3 nitrogen and oxygen atoms in total. The van der Waals surface area contributed by atoms with Crippen LogP contribution in [0.1, 0.15) is 18.4 Å². The van der Waals surface area contributed by atoms with Gasteiger partial charge in [-0.1, -0.05) is 15.9 Å². The molecule has 1 saturated heterocycles. The molecule has 0 aliphatic carbocycles. The summed E-state index contributed by atoms with van der Waals surface area (Å²) in [6.45, 7) is 1.53. The van der Waals surface area contributed by atoms with Gasteiger partial charge in [0.25, 0.3) is 0 Å². The normalized spacial score (nSPS) is 15.6. The lowest BCUT2D eigenvalue weighted by Gasteiger charge is -2.17. The van der Waals surface area contributed by atoms with E-state index < -0.39 is 0 Å². The third-order valence-corrected chi connectivity index (χ3v) is 3.56. The molecule has 16 heavy (non-hydrogen) atoms. The van der Waals surface area contributed by atoms with E-state index >= 15 is 0 Å². The van der Waals surface area contributed by atoms with E-state index in [4.69, 9.17) is 4.74 Å². The van der Waals surface area contributed by atoms with Gasteiger partial charge in [0.05, 0.1) is 7.11 Å². The zero-order valence-electron chi connectivity index (χ0n) is 9.20. The van der Waals surface area contributed by atoms with Gasteiger partial charge in [0.1, 0.15) is 5.75 Å². The van der Waals surface area contributed by atoms with Crippen LogP contribution in [-0.4, -0.2) is 24.5 Å². The highest BCUT2D eigenvalue weighted by Crippen LogP contribution is 2.25. The second-order valence-electron chi connectivity index (χ2n) is 3.88. The van der Waals surface area contributed by atoms with Gasteiger partial charge in [0.15, 0.2) is 0 Å². The summed E-state index contributed by atoms with van der Waals surface area (Å²) in [4.78, 5) is 13.4. The highest BCUT2D eigenvalue weighted by Gasteiger charge is 2.20. The molecule has 1 heterocycles. The van der Waals surface area contributed by atoms with Crippen molar-refractivity contribution >= 4 is 21.8 Å². The Kier molecular flexibility index (Phi) is 3.49. The Labute approximate surface area is 104 Å². The minimum Gasteiger partial charge on any atom is -0.497 e. The van der Waals surface area contributed by atoms with E-state index in [0.29, 0.717) is 13.0 Å². The SMILES string of the molecule is COc1ccc(Br)c(CN2CCCC2=O)c1. The number of hydrogen-bond donors (Lipinski definition) is 0. The third-order valence-electron chi connectivity index (χ3n) is 2.79. The van der Waals surface area contributed by atoms with E-state index in [-0.39, 0.29) is 5.91 Å². The Morgan fingerprint density at radius 3 is 2.94 bits per heavy atom. The van der Waals surface area contributed by atoms with Crippen LogP contribution in [0, 0.1) is 0 Å². The Morgan fingerprint density at radius 2 is 2.31 bits per heavy atom. The van der Waals surface area contributed by atoms with Crippen molar-refractivity contribution in [3.8, 4) is 5.75 Å². The van der Waals surface area contributed by atoms with Crippen LogP contribution in [0.2, 0.25) is 0 Å². The quantitative estimate of drug-likeness (QED) is 0.853. The van der Waals surface area contributed by atoms with Gasteiger partial charge in [-0.3, -0.25) is 4.79 Å². The molecule has 0 unspecified atom stereocenters. The lowest BCUT2D eigenvalue weighted by Crippen LogP contribution is -2.24. The molecular weight excluding hydrogens is 270 g/mol. The van der Waals surface area contributed by atoms with Crippen molar-refractivity contribution < 1.29 is 9.53 Å². The fraction of sp³-hybridized carbons (Fsp3) is 0.417. The molecule has 86 valence electrons. The molecule has 1 aliphatic rings. The van der Waals surface area contributed by atoms with Crippen molar-refractivity contribution in [3.63, 3.8) is 0 Å². The van der Waals surface area contributed by atoms with E-state index in [1.165, 1.54) is 0 Å². The predicted molar refractivity (Wildman–Crippen MR) is 65.3 cm³/mol. The number of hydrogen-bond acceptors (Lipinski definition) is 2. The van der Waals surface area contributed by atoms with Gasteiger partial charge in [-0.15, -0.1) is 0 Å². The van der Waals surface area contributed by atoms with E-state index in [2.05, 4.69) is 15.9 Å². The fourth-order valence-corrected chi connectivity index (χ4v) is 2.25. The average molecular weight is 284 g/mol. The topological polar surface area (TPSA) is 29.5 Å². The first-order chi connectivity index (χ1) is 7.70. The predicted octanol–water partition coefficient (Wildman–Crippen LogP) is 2.58. The molecule has 0 saturated carbocycles. The number of methoxy groups -OCH3 is 1. The van der Waals surface area contributed by atoms with E-state index in [0.717, 1.165) is 28.8 Å². The summed E-state index contributed by atoms with van der Waals surface area (Å²) in [5.41, 5.74) is 1.09. The van der Waals surface area contributed by atoms with Gasteiger partial charge >= 0.3 is 0 Å². The van der Waals surface area contributed by atoms with E-state index in [1.807, 2.05) is 23.1 Å². The summed E-state index contributed by atoms with van der Waals surface area (Å²) in [5.74, 6) is 1.07. The number of likely N-dealkylation sites (tertiary alicyclic amines) is 1. The lowest BCUT2D eigenvalue weighted by atomic mass is 10.2. The van der Waals surface area contributed by atoms with Gasteiger partial charge < -0.3 is 9.64 Å². The highest BCUT2D eigenvalue weighted by molar-refractivity contribution is 9.10. The van der Waals surface area contributed by atoms with Crippen molar-refractivity contribution in [1.82, 2.24) is 4.90 Å². The zero-order valence-corrected chi connectivity index (χ0v) is 10.8. The summed E-state index contributed by atoms with van der Waals surface area (Å²) in [6, 6.07) is 5.82. The van der Waals surface area contributed by atoms with Gasteiger partial charge in [-0.2, -0.15) is 0 Å². The smallest absolute Gasteiger partial charge is 0.222 e. The molecule has 4 heteroatoms. The van der Waals surface area contributed by atoms with Crippen LogP contribution < -0.4 is 4.74 Å². The van der Waals surface area contributed by atoms with Crippen LogP contribution in [0.5, 0.6) is 5.75 Å². The van der Waals surface area contributed by atoms with Crippen LogP contribution in [0.15, 0.2) is 22.7 Å². The molecule has 0 bridgehead atoms. The van der Waals surface area contributed by atoms with Crippen LogP contribution in [0.25, 0.3) is 0 Å². The highest BCUT2D eigenvalue weighted by atomic mass is 79.9. The van der Waals surface area contributed by atoms with Crippen molar-refractivity contribution in [2.45, 2.75) is 19.4 Å². The maximum atomic E-state index is 11.5. The number of rotatable bonds is 3. The number of halogens is 1. The van der Waals surface area contributed by atoms with Crippen molar-refractivity contribution in [3.05, 3.63) is 28.2 Å². The van der Waals surface area contributed by atoms with Crippen molar-refractivity contribution in [2.75, 3.05) is 13.7 Å². The molecule has 0 radical (unpaired) electrons. The van der Waals surface area contributed by atoms with Crippen LogP contribution in [0.4, 0.5) is 0 Å². The molecule has 0 N–H and O–H groups in total. The number of amides is 1. The number of carbonyl (C=O) groups excluding carboxylic acids is 1. The maximum absolute atomic E-state index is 11.5. The first-order valence-electron chi connectivity index (χ1n) is 5.31. The summed E-state index contributed by atoms with van der Waals surface area (Å²) in [7, 11) is 1.65. The Hall–Kier alpha value is -1.03. The first-order valence-corrected chi connectivity index (χ1v) is 6.10. The number of benzene rings is 1. The molecule has 1 fully saturated rings. The summed E-state index contributed by atoms with van der Waals surface area (Å²) >= 11 is 3.49. The number of nitrogens with zero attached hydrogens (tertiary/aromatic N) is 1. The Bertz CT molecular complexity index is 406. The second-order valence-corrected chi connectivity index (χ2v) is 4.73. The van der Waals surface area contributed by atoms with Crippen LogP contribution in [0.3, 0.4) is 0 Å². The monoisotopic (exact) mass is 283 g/mol. The summed E-state index contributed by atoms with van der Waals surface area (Å²) in [6.07, 6.45) is 1.65. The molecule has 1 aliphatic heterocycles. The van der Waals surface area contributed by atoms with E-state index in [1.54, 1.807) is 7.11 Å². The second kappa shape index (κ2) is 4.87. The minimum absolute atomic E-state index is 0.245. The standard InChI is InChI=1S/C12H14BrNO2/c1-16-10-4-5-11(13)9(7-10)8-14-6-2-3-12(14)15/h4-5,7H,2-3,6,8H2,1H3. The molecule has 0 atom stereocenters. The van der Waals surface area contributed by atoms with Crippen LogP contribution in [-0.2, 0) is 11.3 Å². The first kappa shape index (κ1) is 11.5. The van der Waals surface area contributed by atoms with Crippen molar-refractivity contribution in [2.24, 2.45) is 0 Å². The van der Waals surface area contributed by atoms with Crippen molar-refractivity contribution in [1.29, 1.82) is 0 Å². The molecule has 1 aromatic rings. The molecule has 0 spiro atoms. The van der Waals surface area contributed by atoms with Gasteiger partial charge in [0, 0.05) is 24.0 Å². The Balaban J connectivity index is 2.16. The molecule has 0 aromatic heterocycles. The molecule has 1 aromatic carbocycles. The summed E-state index contributed by atoms with van der Waals surface area (Å²) in [5, 5.41) is 0. The summed E-state index contributed by atoms with van der Waals surface area (Å²) < 4.78 is 6.20. The third kappa shape index (κ3) is 2.38. The average Bonchev–Trinajstić information content (AvgIpc) is 2.68. The van der Waals surface area contributed by atoms with Gasteiger partial charge in [0.2, 0.25) is 5.91 Å². The number of ether oxygens (including phenoxy) is 1. The van der Waals surface area contributed by atoms with Gasteiger partial charge in [-0.25, -0.2) is 0 Å². The fourth-order valence-electron chi connectivity index (χ4n) is 1.88. The molecule has 2 rings (SSSR count). The maximum Gasteiger partial charge on any atom is 0.222 e.